The zero-order valence-corrected chi connectivity index (χ0v) is 21.9. The number of fused-ring (bicyclic) bond motifs is 1. The summed E-state index contributed by atoms with van der Waals surface area (Å²) in [5.74, 6) is 0.953. The molecule has 4 aromatic rings. The van der Waals surface area contributed by atoms with Gasteiger partial charge in [-0.05, 0) is 18.6 Å². The molecule has 13 nitrogen and oxygen atoms in total. The number of aromatic nitrogens is 6. The minimum Gasteiger partial charge on any atom is -0.403 e. The van der Waals surface area contributed by atoms with Gasteiger partial charge in [0.05, 0.1) is 24.5 Å². The summed E-state index contributed by atoms with van der Waals surface area (Å²) < 4.78 is 13.1. The second kappa shape index (κ2) is 10.8. The highest BCUT2D eigenvalue weighted by atomic mass is 16.5. The van der Waals surface area contributed by atoms with Crippen molar-refractivity contribution in [1.82, 2.24) is 29.9 Å². The van der Waals surface area contributed by atoms with Crippen LogP contribution in [-0.4, -0.2) is 74.0 Å². The quantitative estimate of drug-likeness (QED) is 0.367. The number of benzene rings is 1. The number of nitrogens with zero attached hydrogens (tertiary/aromatic N) is 8. The van der Waals surface area contributed by atoms with Crippen LogP contribution >= 0.6 is 0 Å². The number of morpholine rings is 1. The summed E-state index contributed by atoms with van der Waals surface area (Å²) in [5, 5.41) is 18.7. The van der Waals surface area contributed by atoms with E-state index in [0.717, 1.165) is 17.7 Å². The number of aliphatic imine (C=N–C) groups is 1. The highest BCUT2D eigenvalue weighted by Crippen LogP contribution is 2.31. The molecule has 1 aromatic carbocycles. The zero-order valence-electron chi connectivity index (χ0n) is 21.9. The van der Waals surface area contributed by atoms with E-state index in [2.05, 4.69) is 48.0 Å². The molecule has 1 unspecified atom stereocenters. The van der Waals surface area contributed by atoms with Gasteiger partial charge in [-0.1, -0.05) is 47.6 Å². The van der Waals surface area contributed by atoms with Gasteiger partial charge in [-0.3, -0.25) is 9.79 Å². The fraction of sp³-hybridized carbons (Fsp3) is 0.250. The van der Waals surface area contributed by atoms with Crippen molar-refractivity contribution in [3.05, 3.63) is 78.8 Å². The van der Waals surface area contributed by atoms with Crippen LogP contribution in [0.2, 0.25) is 0 Å². The normalized spacial score (nSPS) is 20.2. The lowest BCUT2D eigenvalue weighted by Crippen LogP contribution is -2.37. The van der Waals surface area contributed by atoms with Crippen LogP contribution in [-0.2, 0) is 9.53 Å². The third-order valence-electron chi connectivity index (χ3n) is 7.00. The molecular weight excluding hydrogens is 524 g/mol. The number of hydrogen-bond acceptors (Lipinski definition) is 11. The second-order valence-electron chi connectivity index (χ2n) is 9.62. The number of ether oxygens (including phenoxy) is 1. The number of benzodiazepines with no additional fused rings is 1. The number of para-hydroxylation sites is 1. The maximum atomic E-state index is 13.2. The van der Waals surface area contributed by atoms with Crippen molar-refractivity contribution in [1.29, 1.82) is 0 Å². The van der Waals surface area contributed by atoms with E-state index in [1.165, 1.54) is 0 Å². The van der Waals surface area contributed by atoms with Crippen LogP contribution in [0.15, 0.2) is 82.6 Å². The van der Waals surface area contributed by atoms with Crippen LogP contribution in [0.25, 0.3) is 17.4 Å². The smallest absolute Gasteiger partial charge is 0.317 e. The first kappa shape index (κ1) is 24.8. The minimum absolute atomic E-state index is 0.0259. The van der Waals surface area contributed by atoms with Gasteiger partial charge in [0.2, 0.25) is 6.17 Å². The Morgan fingerprint density at radius 3 is 2.78 bits per heavy atom. The number of rotatable bonds is 6. The van der Waals surface area contributed by atoms with Crippen molar-refractivity contribution in [3.8, 4) is 17.4 Å². The van der Waals surface area contributed by atoms with Crippen molar-refractivity contribution in [2.75, 3.05) is 41.8 Å². The molecule has 0 spiro atoms. The van der Waals surface area contributed by atoms with Crippen molar-refractivity contribution in [2.45, 2.75) is 12.6 Å². The molecule has 2 atom stereocenters. The monoisotopic (exact) mass is 550 g/mol. The molecule has 2 aliphatic heterocycles. The molecule has 1 amide bonds. The third-order valence-corrected chi connectivity index (χ3v) is 7.00. The molecule has 206 valence electrons. The van der Waals surface area contributed by atoms with Gasteiger partial charge in [0.25, 0.3) is 17.7 Å². The average Bonchev–Trinajstić information content (AvgIpc) is 3.71. The molecule has 0 bridgehead atoms. The number of carbonyl (C=O) groups excluding carboxylic acids is 1. The number of anilines is 3. The Kier molecular flexibility index (Phi) is 6.53. The van der Waals surface area contributed by atoms with E-state index in [0.29, 0.717) is 49.3 Å². The summed E-state index contributed by atoms with van der Waals surface area (Å²) in [6, 6.07) is 9.52. The third kappa shape index (κ3) is 4.98. The van der Waals surface area contributed by atoms with Gasteiger partial charge in [-0.15, -0.1) is 5.10 Å². The van der Waals surface area contributed by atoms with Crippen molar-refractivity contribution in [3.63, 3.8) is 0 Å². The molecule has 1 fully saturated rings. The standard InChI is InChI=1S/C28H26N10O3/c39-25-23(32-22(18-7-2-1-3-8-18)19-9-4-5-10-21(19)31-25)33-28-36-35-26(41-28)20-17-29-27(38-12-6-11-30-38)34-24(20)37-13-15-40-16-14-37/h1-7,9-12,17-18,23H,8,13-16H2,(H,31,39)(H,33,36)/t18?,23-/m1/s1. The topological polar surface area (TPSA) is 148 Å². The maximum Gasteiger partial charge on any atom is 0.317 e. The molecule has 1 saturated heterocycles. The summed E-state index contributed by atoms with van der Waals surface area (Å²) in [7, 11) is 0. The molecule has 7 rings (SSSR count). The number of hydrogen-bond donors (Lipinski definition) is 2. The van der Waals surface area contributed by atoms with Crippen molar-refractivity contribution < 1.29 is 13.9 Å². The Morgan fingerprint density at radius 2 is 1.95 bits per heavy atom. The Bertz CT molecular complexity index is 1650. The van der Waals surface area contributed by atoms with E-state index in [1.54, 1.807) is 29.3 Å². The summed E-state index contributed by atoms with van der Waals surface area (Å²) >= 11 is 0. The molecule has 13 heteroatoms. The highest BCUT2D eigenvalue weighted by molar-refractivity contribution is 6.13. The first-order chi connectivity index (χ1) is 20.2. The van der Waals surface area contributed by atoms with E-state index >= 15 is 0 Å². The number of nitrogens with one attached hydrogen (secondary N) is 2. The van der Waals surface area contributed by atoms with E-state index < -0.39 is 6.17 Å². The van der Waals surface area contributed by atoms with Crippen molar-refractivity contribution in [2.24, 2.45) is 10.9 Å². The molecule has 1 aliphatic carbocycles. The van der Waals surface area contributed by atoms with Crippen LogP contribution in [0.4, 0.5) is 17.5 Å². The highest BCUT2D eigenvalue weighted by Gasteiger charge is 2.30. The fourth-order valence-electron chi connectivity index (χ4n) is 5.00. The van der Waals surface area contributed by atoms with E-state index in [4.69, 9.17) is 19.1 Å². The van der Waals surface area contributed by atoms with E-state index in [-0.39, 0.29) is 23.7 Å². The maximum absolute atomic E-state index is 13.2. The van der Waals surface area contributed by atoms with Gasteiger partial charge < -0.3 is 24.7 Å². The average molecular weight is 551 g/mol. The van der Waals surface area contributed by atoms with Gasteiger partial charge >= 0.3 is 6.01 Å². The largest absolute Gasteiger partial charge is 0.403 e. The second-order valence-corrected chi connectivity index (χ2v) is 9.62. The lowest BCUT2D eigenvalue weighted by molar-refractivity contribution is -0.116. The Balaban J connectivity index is 1.20. The Labute approximate surface area is 234 Å². The van der Waals surface area contributed by atoms with Crippen molar-refractivity contribution >= 4 is 29.1 Å². The molecule has 5 heterocycles. The summed E-state index contributed by atoms with van der Waals surface area (Å²) in [5.41, 5.74) is 2.95. The van der Waals surface area contributed by atoms with Gasteiger partial charge in [-0.25, -0.2) is 9.67 Å². The summed E-state index contributed by atoms with van der Waals surface area (Å²) in [4.78, 5) is 29.4. The molecule has 3 aromatic heterocycles. The molecule has 0 radical (unpaired) electrons. The molecule has 3 aliphatic rings. The van der Waals surface area contributed by atoms with Gasteiger partial charge in [-0.2, -0.15) is 10.1 Å². The summed E-state index contributed by atoms with van der Waals surface area (Å²) in [6.45, 7) is 2.44. The summed E-state index contributed by atoms with van der Waals surface area (Å²) in [6.07, 6.45) is 13.1. The van der Waals surface area contributed by atoms with Crippen LogP contribution < -0.4 is 15.5 Å². The number of carbonyl (C=O) groups is 1. The fourth-order valence-corrected chi connectivity index (χ4v) is 5.00. The van der Waals surface area contributed by atoms with Crippen LogP contribution in [0, 0.1) is 5.92 Å². The lowest BCUT2D eigenvalue weighted by Gasteiger charge is -2.28. The lowest BCUT2D eigenvalue weighted by atomic mass is 9.90. The number of allylic oxidation sites excluding steroid dienone is 4. The molecular formula is C28H26N10O3. The first-order valence-corrected chi connectivity index (χ1v) is 13.3. The minimum atomic E-state index is -0.984. The molecule has 0 saturated carbocycles. The first-order valence-electron chi connectivity index (χ1n) is 13.3. The predicted octanol–water partition coefficient (Wildman–Crippen LogP) is 2.86. The van der Waals surface area contributed by atoms with Gasteiger partial charge in [0.1, 0.15) is 5.82 Å². The number of amides is 1. The Hall–Kier alpha value is -5.17. The van der Waals surface area contributed by atoms with E-state index in [1.807, 2.05) is 36.4 Å². The Morgan fingerprint density at radius 1 is 1.05 bits per heavy atom. The molecule has 2 N–H and O–H groups in total. The van der Waals surface area contributed by atoms with Crippen LogP contribution in [0.5, 0.6) is 0 Å². The predicted molar refractivity (Wildman–Crippen MR) is 151 cm³/mol. The SMILES string of the molecule is O=C1Nc2ccccc2C(C2C=CC=CC2)=N[C@@H]1Nc1nnc(-c2cnc(-n3cccn3)nc2N2CCOCC2)o1. The van der Waals surface area contributed by atoms with Crippen LogP contribution in [0.1, 0.15) is 12.0 Å². The van der Waals surface area contributed by atoms with E-state index in [9.17, 15) is 4.79 Å². The van der Waals surface area contributed by atoms with Gasteiger partial charge in [0.15, 0.2) is 0 Å². The molecule has 41 heavy (non-hydrogen) atoms. The van der Waals surface area contributed by atoms with Crippen LogP contribution in [0.3, 0.4) is 0 Å². The van der Waals surface area contributed by atoms with Gasteiger partial charge in [0, 0.05) is 48.8 Å². The zero-order chi connectivity index (χ0) is 27.6.